The first-order valence-electron chi connectivity index (χ1n) is 6.79. The number of carbonyl (C=O) groups is 2. The third kappa shape index (κ3) is 3.72. The van der Waals surface area contributed by atoms with Crippen molar-refractivity contribution in [3.63, 3.8) is 0 Å². The number of rotatable bonds is 4. The van der Waals surface area contributed by atoms with Crippen LogP contribution in [0, 0.1) is 13.8 Å². The normalized spacial score (nSPS) is 18.4. The summed E-state index contributed by atoms with van der Waals surface area (Å²) in [6, 6.07) is 4.75. The highest BCUT2D eigenvalue weighted by Crippen LogP contribution is 2.19. The summed E-state index contributed by atoms with van der Waals surface area (Å²) in [7, 11) is 0. The molecule has 1 aromatic rings. The molecule has 0 saturated carbocycles. The van der Waals surface area contributed by atoms with Crippen LogP contribution in [0.15, 0.2) is 18.2 Å². The minimum Gasteiger partial charge on any atom is -0.483 e. The Morgan fingerprint density at radius 2 is 2.19 bits per heavy atom. The SMILES string of the molecule is Cc1ccc(OCC(=O)N2CCOCC2C(=O)O)c(C)c1. The van der Waals surface area contributed by atoms with Gasteiger partial charge in [0, 0.05) is 6.54 Å². The van der Waals surface area contributed by atoms with Crippen molar-refractivity contribution in [2.45, 2.75) is 19.9 Å². The molecule has 1 saturated heterocycles. The molecule has 21 heavy (non-hydrogen) atoms. The Bertz CT molecular complexity index is 543. The van der Waals surface area contributed by atoms with E-state index in [0.29, 0.717) is 12.4 Å². The molecule has 6 heteroatoms. The molecule has 6 nitrogen and oxygen atoms in total. The summed E-state index contributed by atoms with van der Waals surface area (Å²) in [5, 5.41) is 9.10. The Morgan fingerprint density at radius 1 is 1.43 bits per heavy atom. The second-order valence-electron chi connectivity index (χ2n) is 5.07. The lowest BCUT2D eigenvalue weighted by Crippen LogP contribution is -2.53. The Hall–Kier alpha value is -2.08. The van der Waals surface area contributed by atoms with Crippen LogP contribution in [-0.2, 0) is 14.3 Å². The van der Waals surface area contributed by atoms with Crippen LogP contribution in [0.2, 0.25) is 0 Å². The van der Waals surface area contributed by atoms with Crippen molar-refractivity contribution in [2.24, 2.45) is 0 Å². The lowest BCUT2D eigenvalue weighted by molar-refractivity contribution is -0.159. The van der Waals surface area contributed by atoms with Gasteiger partial charge in [-0.1, -0.05) is 17.7 Å². The third-order valence-corrected chi connectivity index (χ3v) is 3.42. The highest BCUT2D eigenvalue weighted by Gasteiger charge is 2.32. The summed E-state index contributed by atoms with van der Waals surface area (Å²) in [5.74, 6) is -0.769. The maximum Gasteiger partial charge on any atom is 0.328 e. The minimum atomic E-state index is -1.06. The van der Waals surface area contributed by atoms with Crippen LogP contribution < -0.4 is 4.74 Å². The van der Waals surface area contributed by atoms with Gasteiger partial charge in [-0.15, -0.1) is 0 Å². The molecule has 1 heterocycles. The molecule has 1 N–H and O–H groups in total. The predicted molar refractivity (Wildman–Crippen MR) is 75.4 cm³/mol. The van der Waals surface area contributed by atoms with Gasteiger partial charge in [-0.05, 0) is 25.5 Å². The van der Waals surface area contributed by atoms with E-state index in [4.69, 9.17) is 14.6 Å². The van der Waals surface area contributed by atoms with Gasteiger partial charge in [-0.3, -0.25) is 4.79 Å². The number of amides is 1. The summed E-state index contributed by atoms with van der Waals surface area (Å²) >= 11 is 0. The van der Waals surface area contributed by atoms with Gasteiger partial charge in [0.15, 0.2) is 12.6 Å². The van der Waals surface area contributed by atoms with Gasteiger partial charge in [0.1, 0.15) is 5.75 Å². The first-order valence-corrected chi connectivity index (χ1v) is 6.79. The highest BCUT2D eigenvalue weighted by atomic mass is 16.5. The molecule has 0 radical (unpaired) electrons. The average molecular weight is 293 g/mol. The van der Waals surface area contributed by atoms with E-state index in [9.17, 15) is 9.59 Å². The Morgan fingerprint density at radius 3 is 2.86 bits per heavy atom. The molecule has 1 atom stereocenters. The number of hydrogen-bond donors (Lipinski definition) is 1. The first-order chi connectivity index (χ1) is 9.99. The Balaban J connectivity index is 1.98. The number of benzene rings is 1. The lowest BCUT2D eigenvalue weighted by Gasteiger charge is -2.32. The van der Waals surface area contributed by atoms with E-state index in [1.54, 1.807) is 0 Å². The van der Waals surface area contributed by atoms with Crippen LogP contribution in [0.4, 0.5) is 0 Å². The Kier molecular flexibility index (Phi) is 4.80. The molecule has 0 spiro atoms. The number of aliphatic carboxylic acids is 1. The average Bonchev–Trinajstić information content (AvgIpc) is 2.46. The number of ether oxygens (including phenoxy) is 2. The molecule has 0 bridgehead atoms. The molecule has 1 aromatic carbocycles. The summed E-state index contributed by atoms with van der Waals surface area (Å²) in [4.78, 5) is 24.6. The van der Waals surface area contributed by atoms with Crippen LogP contribution in [0.1, 0.15) is 11.1 Å². The monoisotopic (exact) mass is 293 g/mol. The molecule has 1 aliphatic rings. The second kappa shape index (κ2) is 6.58. The number of carboxylic acid groups (broad SMARTS) is 1. The second-order valence-corrected chi connectivity index (χ2v) is 5.07. The van der Waals surface area contributed by atoms with Gasteiger partial charge in [0.2, 0.25) is 0 Å². The highest BCUT2D eigenvalue weighted by molar-refractivity contribution is 5.84. The van der Waals surface area contributed by atoms with Gasteiger partial charge in [0.05, 0.1) is 13.2 Å². The van der Waals surface area contributed by atoms with Gasteiger partial charge in [-0.25, -0.2) is 4.79 Å². The van der Waals surface area contributed by atoms with E-state index < -0.39 is 12.0 Å². The fourth-order valence-electron chi connectivity index (χ4n) is 2.29. The number of hydrogen-bond acceptors (Lipinski definition) is 4. The van der Waals surface area contributed by atoms with Gasteiger partial charge >= 0.3 is 5.97 Å². The third-order valence-electron chi connectivity index (χ3n) is 3.42. The molecule has 114 valence electrons. The first kappa shape index (κ1) is 15.3. The number of morpholine rings is 1. The van der Waals surface area contributed by atoms with Crippen LogP contribution >= 0.6 is 0 Å². The van der Waals surface area contributed by atoms with Crippen molar-refractivity contribution < 1.29 is 24.2 Å². The zero-order chi connectivity index (χ0) is 15.4. The summed E-state index contributed by atoms with van der Waals surface area (Å²) in [5.41, 5.74) is 2.06. The van der Waals surface area contributed by atoms with Crippen molar-refractivity contribution in [1.29, 1.82) is 0 Å². The zero-order valence-electron chi connectivity index (χ0n) is 12.2. The number of nitrogens with zero attached hydrogens (tertiary/aromatic N) is 1. The van der Waals surface area contributed by atoms with E-state index >= 15 is 0 Å². The van der Waals surface area contributed by atoms with Crippen molar-refractivity contribution in [3.8, 4) is 5.75 Å². The molecule has 1 unspecified atom stereocenters. The molecular weight excluding hydrogens is 274 g/mol. The van der Waals surface area contributed by atoms with E-state index in [-0.39, 0.29) is 25.7 Å². The summed E-state index contributed by atoms with van der Waals surface area (Å²) in [6.07, 6.45) is 0. The van der Waals surface area contributed by atoms with E-state index in [2.05, 4.69) is 0 Å². The van der Waals surface area contributed by atoms with Crippen molar-refractivity contribution >= 4 is 11.9 Å². The topological polar surface area (TPSA) is 76.1 Å². The number of carboxylic acids is 1. The summed E-state index contributed by atoms with van der Waals surface area (Å²) < 4.78 is 10.6. The fourth-order valence-corrected chi connectivity index (χ4v) is 2.29. The molecule has 2 rings (SSSR count). The summed E-state index contributed by atoms with van der Waals surface area (Å²) in [6.45, 7) is 4.35. The maximum atomic E-state index is 12.1. The minimum absolute atomic E-state index is 0.0185. The van der Waals surface area contributed by atoms with Gasteiger partial charge in [-0.2, -0.15) is 0 Å². The Labute approximate surface area is 123 Å². The molecule has 1 aliphatic heterocycles. The molecule has 0 aliphatic carbocycles. The predicted octanol–water partition coefficient (Wildman–Crippen LogP) is 0.994. The molecule has 1 amide bonds. The number of aryl methyl sites for hydroxylation is 2. The van der Waals surface area contributed by atoms with Gasteiger partial charge < -0.3 is 19.5 Å². The van der Waals surface area contributed by atoms with E-state index in [1.165, 1.54) is 4.90 Å². The van der Waals surface area contributed by atoms with Crippen molar-refractivity contribution in [2.75, 3.05) is 26.4 Å². The quantitative estimate of drug-likeness (QED) is 0.896. The van der Waals surface area contributed by atoms with Crippen LogP contribution in [0.5, 0.6) is 5.75 Å². The van der Waals surface area contributed by atoms with Gasteiger partial charge in [0.25, 0.3) is 5.91 Å². The smallest absolute Gasteiger partial charge is 0.328 e. The molecular formula is C15H19NO5. The fraction of sp³-hybridized carbons (Fsp3) is 0.467. The maximum absolute atomic E-state index is 12.1. The van der Waals surface area contributed by atoms with E-state index in [1.807, 2.05) is 32.0 Å². The van der Waals surface area contributed by atoms with Crippen LogP contribution in [-0.4, -0.2) is 54.3 Å². The molecule has 1 fully saturated rings. The largest absolute Gasteiger partial charge is 0.483 e. The van der Waals surface area contributed by atoms with Crippen LogP contribution in [0.3, 0.4) is 0 Å². The lowest BCUT2D eigenvalue weighted by atomic mass is 10.1. The number of carbonyl (C=O) groups excluding carboxylic acids is 1. The van der Waals surface area contributed by atoms with Crippen LogP contribution in [0.25, 0.3) is 0 Å². The van der Waals surface area contributed by atoms with E-state index in [0.717, 1.165) is 11.1 Å². The van der Waals surface area contributed by atoms with Crippen molar-refractivity contribution in [3.05, 3.63) is 29.3 Å². The van der Waals surface area contributed by atoms with Crippen molar-refractivity contribution in [1.82, 2.24) is 4.90 Å². The molecule has 0 aromatic heterocycles. The zero-order valence-corrected chi connectivity index (χ0v) is 12.2. The standard InChI is InChI=1S/C15H19NO5/c1-10-3-4-13(11(2)7-10)21-9-14(17)16-5-6-20-8-12(16)15(18)19/h3-4,7,12H,5-6,8-9H2,1-2H3,(H,18,19).